The molecule has 0 atom stereocenters. The van der Waals surface area contributed by atoms with Gasteiger partial charge in [-0.25, -0.2) is 0 Å². The summed E-state index contributed by atoms with van der Waals surface area (Å²) in [4.78, 5) is 27.4. The van der Waals surface area contributed by atoms with Gasteiger partial charge < -0.3 is 20.4 Å². The number of phenolic OH excluding ortho intramolecular Hbond substituents is 2. The molecule has 0 spiro atoms. The number of hydrogen-bond donors (Lipinski definition) is 4. The van der Waals surface area contributed by atoms with Crippen LogP contribution in [0.5, 0.6) is 11.5 Å². The van der Waals surface area contributed by atoms with Crippen molar-refractivity contribution in [2.75, 3.05) is 13.1 Å². The molecule has 9 heteroatoms. The predicted octanol–water partition coefficient (Wildman–Crippen LogP) is 1.79. The normalized spacial score (nSPS) is 10.1. The second-order valence-corrected chi connectivity index (χ2v) is 4.84. The average Bonchev–Trinajstić information content (AvgIpc) is 2.58. The van der Waals surface area contributed by atoms with Crippen molar-refractivity contribution < 1.29 is 47.1 Å². The molecule has 2 aromatic carbocycles. The predicted molar refractivity (Wildman–Crippen MR) is 96.4 cm³/mol. The fourth-order valence-corrected chi connectivity index (χ4v) is 1.64. The molecule has 0 aliphatic heterocycles. The zero-order chi connectivity index (χ0) is 19.4. The molecule has 0 amide bonds. The number of aliphatic carboxylic acids is 2. The van der Waals surface area contributed by atoms with E-state index in [-0.39, 0.29) is 41.7 Å². The van der Waals surface area contributed by atoms with Gasteiger partial charge in [0, 0.05) is 40.6 Å². The van der Waals surface area contributed by atoms with E-state index in [1.807, 2.05) is 0 Å². The van der Waals surface area contributed by atoms with Crippen LogP contribution in [-0.2, 0) is 26.7 Å². The Hall–Kier alpha value is -3.16. The summed E-state index contributed by atoms with van der Waals surface area (Å²) in [5, 5.41) is 35.0. The molecule has 0 aromatic heterocycles. The molecule has 0 saturated heterocycles. The zero-order valence-corrected chi connectivity index (χ0v) is 14.9. The Bertz CT molecular complexity index is 740. The van der Waals surface area contributed by atoms with E-state index in [9.17, 15) is 19.8 Å². The molecule has 2 aromatic rings. The first-order valence-corrected chi connectivity index (χ1v) is 7.39. The van der Waals surface area contributed by atoms with Crippen molar-refractivity contribution >= 4 is 24.4 Å². The van der Waals surface area contributed by atoms with Crippen molar-refractivity contribution in [2.24, 2.45) is 9.98 Å². The molecule has 1 radical (unpaired) electrons. The largest absolute Gasteiger partial charge is 0.507 e. The third kappa shape index (κ3) is 10.4. The molecule has 4 N–H and O–H groups in total. The van der Waals surface area contributed by atoms with Crippen molar-refractivity contribution in [1.82, 2.24) is 0 Å². The van der Waals surface area contributed by atoms with Crippen LogP contribution in [-0.4, -0.2) is 57.9 Å². The molecule has 0 aliphatic rings. The molecule has 27 heavy (non-hydrogen) atoms. The number of hydrogen-bond acceptors (Lipinski definition) is 6. The van der Waals surface area contributed by atoms with Gasteiger partial charge in [-0.1, -0.05) is 24.3 Å². The molecular weight excluding hydrogens is 404 g/mol. The van der Waals surface area contributed by atoms with Crippen LogP contribution in [0.1, 0.15) is 11.1 Å². The van der Waals surface area contributed by atoms with Crippen molar-refractivity contribution in [1.29, 1.82) is 0 Å². The minimum absolute atomic E-state index is 0. The first-order valence-electron chi connectivity index (χ1n) is 7.39. The van der Waals surface area contributed by atoms with Gasteiger partial charge in [0.05, 0.1) is 0 Å². The summed E-state index contributed by atoms with van der Waals surface area (Å²) in [6, 6.07) is 13.2. The maximum absolute atomic E-state index is 10.1. The molecular formula is C18H18CuN2O6. The smallest absolute Gasteiger partial charge is 0.325 e. The van der Waals surface area contributed by atoms with Crippen molar-refractivity contribution in [3.8, 4) is 11.5 Å². The van der Waals surface area contributed by atoms with Crippen molar-refractivity contribution in [3.63, 3.8) is 0 Å². The number of benzene rings is 2. The van der Waals surface area contributed by atoms with E-state index in [1.54, 1.807) is 36.4 Å². The maximum atomic E-state index is 10.1. The van der Waals surface area contributed by atoms with Gasteiger partial charge in [0.2, 0.25) is 0 Å². The van der Waals surface area contributed by atoms with Crippen molar-refractivity contribution in [2.45, 2.75) is 0 Å². The van der Waals surface area contributed by atoms with Gasteiger partial charge >= 0.3 is 11.9 Å². The fraction of sp³-hybridized carbons (Fsp3) is 0.111. The average molecular weight is 422 g/mol. The summed E-state index contributed by atoms with van der Waals surface area (Å²) in [5.41, 5.74) is 1.03. The van der Waals surface area contributed by atoms with Crippen LogP contribution in [0.2, 0.25) is 0 Å². The number of carbonyl (C=O) groups is 2. The standard InChI is InChI=1S/2C9H9NO3.Cu/c2*11-8-4-2-1-3-7(8)5-10-6-9(12)13;/h2*1-5,11H,6H2,(H,12,13);. The number of carboxylic acids is 2. The van der Waals surface area contributed by atoms with Crippen LogP contribution in [0, 0.1) is 0 Å². The Balaban J connectivity index is 0.000000483. The molecule has 0 unspecified atom stereocenters. The van der Waals surface area contributed by atoms with Gasteiger partial charge in [0.25, 0.3) is 0 Å². The quantitative estimate of drug-likeness (QED) is 0.414. The van der Waals surface area contributed by atoms with Gasteiger partial charge in [0.15, 0.2) is 0 Å². The molecule has 8 nitrogen and oxygen atoms in total. The Kier molecular flexibility index (Phi) is 11.6. The first-order chi connectivity index (χ1) is 12.4. The number of carboxylic acid groups (broad SMARTS) is 2. The number of para-hydroxylation sites is 2. The van der Waals surface area contributed by atoms with Crippen LogP contribution in [0.25, 0.3) is 0 Å². The second kappa shape index (κ2) is 13.1. The number of nitrogens with zero attached hydrogens (tertiary/aromatic N) is 2. The fourth-order valence-electron chi connectivity index (χ4n) is 1.64. The molecule has 0 heterocycles. The number of aliphatic imine (C=N–C) groups is 2. The second-order valence-electron chi connectivity index (χ2n) is 4.84. The number of phenols is 2. The van der Waals surface area contributed by atoms with Crippen LogP contribution < -0.4 is 0 Å². The van der Waals surface area contributed by atoms with Crippen LogP contribution in [0.3, 0.4) is 0 Å². The molecule has 0 bridgehead atoms. The minimum Gasteiger partial charge on any atom is -0.507 e. The number of aromatic hydroxyl groups is 2. The first kappa shape index (κ1) is 23.8. The van der Waals surface area contributed by atoms with Crippen LogP contribution in [0.15, 0.2) is 58.5 Å². The third-order valence-corrected chi connectivity index (χ3v) is 2.79. The Morgan fingerprint density at radius 3 is 1.37 bits per heavy atom. The summed E-state index contributed by atoms with van der Waals surface area (Å²) >= 11 is 0. The molecule has 147 valence electrons. The van der Waals surface area contributed by atoms with Crippen LogP contribution in [0.4, 0.5) is 0 Å². The molecule has 2 rings (SSSR count). The molecule has 0 saturated carbocycles. The van der Waals surface area contributed by atoms with Gasteiger partial charge in [-0.15, -0.1) is 0 Å². The summed E-state index contributed by atoms with van der Waals surface area (Å²) < 4.78 is 0. The SMILES string of the molecule is O=C(O)CN=Cc1ccccc1O.O=C(O)CN=Cc1ccccc1O.[Cu]. The van der Waals surface area contributed by atoms with Gasteiger partial charge in [-0.2, -0.15) is 0 Å². The van der Waals surface area contributed by atoms with Gasteiger partial charge in [-0.05, 0) is 24.3 Å². The van der Waals surface area contributed by atoms with Gasteiger partial charge in [-0.3, -0.25) is 19.6 Å². The van der Waals surface area contributed by atoms with E-state index in [0.717, 1.165) is 0 Å². The van der Waals surface area contributed by atoms with Crippen molar-refractivity contribution in [3.05, 3.63) is 59.7 Å². The van der Waals surface area contributed by atoms with Gasteiger partial charge in [0.1, 0.15) is 24.6 Å². The topological polar surface area (TPSA) is 140 Å². The number of rotatable bonds is 6. The zero-order valence-electron chi connectivity index (χ0n) is 14.0. The molecule has 0 fully saturated rings. The van der Waals surface area contributed by atoms with E-state index < -0.39 is 11.9 Å². The monoisotopic (exact) mass is 421 g/mol. The van der Waals surface area contributed by atoms with E-state index in [4.69, 9.17) is 10.2 Å². The minimum atomic E-state index is -0.994. The Morgan fingerprint density at radius 1 is 0.741 bits per heavy atom. The molecule has 0 aliphatic carbocycles. The van der Waals surface area contributed by atoms with E-state index in [2.05, 4.69) is 9.98 Å². The summed E-state index contributed by atoms with van der Waals surface area (Å²) in [6.07, 6.45) is 2.67. The summed E-state index contributed by atoms with van der Waals surface area (Å²) in [7, 11) is 0. The van der Waals surface area contributed by atoms with E-state index in [1.165, 1.54) is 24.6 Å². The van der Waals surface area contributed by atoms with E-state index in [0.29, 0.717) is 11.1 Å². The van der Waals surface area contributed by atoms with Crippen LogP contribution >= 0.6 is 0 Å². The maximum Gasteiger partial charge on any atom is 0.325 e. The Labute approximate surface area is 166 Å². The van der Waals surface area contributed by atoms with E-state index >= 15 is 0 Å². The third-order valence-electron chi connectivity index (χ3n) is 2.79. The Morgan fingerprint density at radius 2 is 1.07 bits per heavy atom. The summed E-state index contributed by atoms with van der Waals surface area (Å²) in [5.74, 6) is -1.80. The summed E-state index contributed by atoms with van der Waals surface area (Å²) in [6.45, 7) is -0.567.